The molecule has 0 saturated carbocycles. The molecule has 1 saturated heterocycles. The minimum absolute atomic E-state index is 0.00676. The Morgan fingerprint density at radius 1 is 1.73 bits per heavy atom. The van der Waals surface area contributed by atoms with E-state index in [1.807, 2.05) is 6.92 Å². The average molecular weight is 210 g/mol. The number of carbonyl (C=O) groups is 1. The first-order valence-electron chi connectivity index (χ1n) is 5.77. The van der Waals surface area contributed by atoms with E-state index in [9.17, 15) is 4.79 Å². The highest BCUT2D eigenvalue weighted by molar-refractivity contribution is 5.81. The van der Waals surface area contributed by atoms with Crippen molar-refractivity contribution < 1.29 is 4.79 Å². The van der Waals surface area contributed by atoms with Gasteiger partial charge >= 0.3 is 0 Å². The van der Waals surface area contributed by atoms with E-state index >= 15 is 0 Å². The Hall–Kier alpha value is -0.830. The van der Waals surface area contributed by atoms with E-state index in [1.165, 1.54) is 12.8 Å². The summed E-state index contributed by atoms with van der Waals surface area (Å²) in [5, 5.41) is 2.85. The largest absolute Gasteiger partial charge is 0.351 e. The summed E-state index contributed by atoms with van der Waals surface area (Å²) in [7, 11) is 0. The second kappa shape index (κ2) is 5.91. The predicted octanol–water partition coefficient (Wildman–Crippen LogP) is 1.41. The number of carbonyl (C=O) groups excluding carboxylic acids is 1. The standard InChI is InChI=1S/C12H22N2O/c1-4-7-13-12(15)11(3)14-8-5-6-10(2)9-14/h4,10-11H,1,5-9H2,2-3H3,(H,13,15). The van der Waals surface area contributed by atoms with Crippen molar-refractivity contribution >= 4 is 5.91 Å². The van der Waals surface area contributed by atoms with Crippen LogP contribution in [0.1, 0.15) is 26.7 Å². The van der Waals surface area contributed by atoms with E-state index in [-0.39, 0.29) is 11.9 Å². The highest BCUT2D eigenvalue weighted by Crippen LogP contribution is 2.17. The number of piperidine rings is 1. The molecule has 15 heavy (non-hydrogen) atoms. The molecular weight excluding hydrogens is 188 g/mol. The summed E-state index contributed by atoms with van der Waals surface area (Å²) >= 11 is 0. The third-order valence-electron chi connectivity index (χ3n) is 3.04. The van der Waals surface area contributed by atoms with Crippen LogP contribution in [0, 0.1) is 5.92 Å². The Bertz CT molecular complexity index is 228. The Morgan fingerprint density at radius 2 is 2.47 bits per heavy atom. The predicted molar refractivity (Wildman–Crippen MR) is 62.6 cm³/mol. The van der Waals surface area contributed by atoms with Gasteiger partial charge in [0.05, 0.1) is 6.04 Å². The number of hydrogen-bond acceptors (Lipinski definition) is 2. The van der Waals surface area contributed by atoms with Gasteiger partial charge in [0.2, 0.25) is 5.91 Å². The lowest BCUT2D eigenvalue weighted by Crippen LogP contribution is -2.48. The second-order valence-corrected chi connectivity index (χ2v) is 4.45. The molecule has 2 atom stereocenters. The van der Waals surface area contributed by atoms with Crippen LogP contribution in [0.25, 0.3) is 0 Å². The lowest BCUT2D eigenvalue weighted by atomic mass is 9.99. The van der Waals surface area contributed by atoms with Gasteiger partial charge in [0.15, 0.2) is 0 Å². The maximum absolute atomic E-state index is 11.7. The van der Waals surface area contributed by atoms with Crippen LogP contribution >= 0.6 is 0 Å². The normalized spacial score (nSPS) is 24.5. The molecule has 2 unspecified atom stereocenters. The van der Waals surface area contributed by atoms with Crippen LogP contribution in [0.4, 0.5) is 0 Å². The molecular formula is C12H22N2O. The van der Waals surface area contributed by atoms with Crippen molar-refractivity contribution in [2.75, 3.05) is 19.6 Å². The molecule has 0 aromatic heterocycles. The molecule has 0 bridgehead atoms. The van der Waals surface area contributed by atoms with Gasteiger partial charge in [0, 0.05) is 13.1 Å². The Kier molecular flexibility index (Phi) is 4.82. The van der Waals surface area contributed by atoms with Crippen molar-refractivity contribution in [3.8, 4) is 0 Å². The third kappa shape index (κ3) is 3.67. The molecule has 3 heteroatoms. The number of rotatable bonds is 4. The number of hydrogen-bond donors (Lipinski definition) is 1. The van der Waals surface area contributed by atoms with Crippen molar-refractivity contribution in [2.24, 2.45) is 5.92 Å². The molecule has 1 heterocycles. The summed E-state index contributed by atoms with van der Waals surface area (Å²) in [5.74, 6) is 0.831. The lowest BCUT2D eigenvalue weighted by Gasteiger charge is -2.34. The molecule has 1 rings (SSSR count). The van der Waals surface area contributed by atoms with Gasteiger partial charge in [0.25, 0.3) is 0 Å². The molecule has 86 valence electrons. The van der Waals surface area contributed by atoms with E-state index in [4.69, 9.17) is 0 Å². The van der Waals surface area contributed by atoms with Crippen molar-refractivity contribution in [1.82, 2.24) is 10.2 Å². The highest BCUT2D eigenvalue weighted by Gasteiger charge is 2.24. The molecule has 0 spiro atoms. The highest BCUT2D eigenvalue weighted by atomic mass is 16.2. The minimum Gasteiger partial charge on any atom is -0.351 e. The van der Waals surface area contributed by atoms with Gasteiger partial charge in [-0.2, -0.15) is 0 Å². The Balaban J connectivity index is 2.40. The number of amides is 1. The lowest BCUT2D eigenvalue weighted by molar-refractivity contribution is -0.126. The van der Waals surface area contributed by atoms with Gasteiger partial charge in [-0.15, -0.1) is 6.58 Å². The monoisotopic (exact) mass is 210 g/mol. The summed E-state index contributed by atoms with van der Waals surface area (Å²) in [5.41, 5.74) is 0. The van der Waals surface area contributed by atoms with E-state index in [0.717, 1.165) is 13.1 Å². The molecule has 1 fully saturated rings. The number of nitrogens with zero attached hydrogens (tertiary/aromatic N) is 1. The molecule has 1 aliphatic heterocycles. The average Bonchev–Trinajstić information content (AvgIpc) is 2.24. The fourth-order valence-corrected chi connectivity index (χ4v) is 2.06. The summed E-state index contributed by atoms with van der Waals surface area (Å²) in [6, 6.07) is -0.00676. The molecule has 0 radical (unpaired) electrons. The summed E-state index contributed by atoms with van der Waals surface area (Å²) in [4.78, 5) is 14.0. The van der Waals surface area contributed by atoms with E-state index in [2.05, 4.69) is 23.7 Å². The van der Waals surface area contributed by atoms with Crippen molar-refractivity contribution in [3.63, 3.8) is 0 Å². The molecule has 1 amide bonds. The maximum atomic E-state index is 11.7. The van der Waals surface area contributed by atoms with Crippen LogP contribution in [0.15, 0.2) is 12.7 Å². The topological polar surface area (TPSA) is 32.3 Å². The maximum Gasteiger partial charge on any atom is 0.237 e. The van der Waals surface area contributed by atoms with Crippen LogP contribution in [-0.4, -0.2) is 36.5 Å². The third-order valence-corrected chi connectivity index (χ3v) is 3.04. The first-order chi connectivity index (χ1) is 7.15. The van der Waals surface area contributed by atoms with E-state index in [0.29, 0.717) is 12.5 Å². The molecule has 0 aromatic rings. The summed E-state index contributed by atoms with van der Waals surface area (Å²) < 4.78 is 0. The zero-order chi connectivity index (χ0) is 11.3. The minimum atomic E-state index is -0.00676. The Morgan fingerprint density at radius 3 is 3.07 bits per heavy atom. The van der Waals surface area contributed by atoms with Gasteiger partial charge in [0.1, 0.15) is 0 Å². The van der Waals surface area contributed by atoms with E-state index in [1.54, 1.807) is 6.08 Å². The zero-order valence-corrected chi connectivity index (χ0v) is 9.83. The molecule has 1 N–H and O–H groups in total. The molecule has 1 aliphatic rings. The molecule has 0 aliphatic carbocycles. The van der Waals surface area contributed by atoms with Gasteiger partial charge in [-0.3, -0.25) is 9.69 Å². The van der Waals surface area contributed by atoms with Crippen molar-refractivity contribution in [3.05, 3.63) is 12.7 Å². The fourth-order valence-electron chi connectivity index (χ4n) is 2.06. The van der Waals surface area contributed by atoms with Crippen molar-refractivity contribution in [2.45, 2.75) is 32.7 Å². The fraction of sp³-hybridized carbons (Fsp3) is 0.750. The van der Waals surface area contributed by atoms with Crippen LogP contribution in [0.2, 0.25) is 0 Å². The molecule has 0 aromatic carbocycles. The van der Waals surface area contributed by atoms with Gasteiger partial charge in [-0.05, 0) is 32.2 Å². The SMILES string of the molecule is C=CCNC(=O)C(C)N1CCCC(C)C1. The van der Waals surface area contributed by atoms with Crippen LogP contribution < -0.4 is 5.32 Å². The van der Waals surface area contributed by atoms with Crippen LogP contribution in [0.5, 0.6) is 0 Å². The van der Waals surface area contributed by atoms with Crippen LogP contribution in [-0.2, 0) is 4.79 Å². The van der Waals surface area contributed by atoms with Gasteiger partial charge < -0.3 is 5.32 Å². The summed E-state index contributed by atoms with van der Waals surface area (Å²) in [6.45, 7) is 10.5. The summed E-state index contributed by atoms with van der Waals surface area (Å²) in [6.07, 6.45) is 4.21. The number of nitrogens with one attached hydrogen (secondary N) is 1. The Labute approximate surface area is 92.5 Å². The van der Waals surface area contributed by atoms with Crippen molar-refractivity contribution in [1.29, 1.82) is 0 Å². The molecule has 3 nitrogen and oxygen atoms in total. The van der Waals surface area contributed by atoms with Crippen LogP contribution in [0.3, 0.4) is 0 Å². The zero-order valence-electron chi connectivity index (χ0n) is 9.83. The first-order valence-corrected chi connectivity index (χ1v) is 5.77. The second-order valence-electron chi connectivity index (χ2n) is 4.45. The van der Waals surface area contributed by atoms with Gasteiger partial charge in [-0.25, -0.2) is 0 Å². The smallest absolute Gasteiger partial charge is 0.237 e. The van der Waals surface area contributed by atoms with E-state index < -0.39 is 0 Å². The number of likely N-dealkylation sites (tertiary alicyclic amines) is 1. The van der Waals surface area contributed by atoms with Gasteiger partial charge in [-0.1, -0.05) is 13.0 Å². The first kappa shape index (κ1) is 12.2. The quantitative estimate of drug-likeness (QED) is 0.712.